The third kappa shape index (κ3) is 2.92. The maximum Gasteiger partial charge on any atom is 0.471 e. The fraction of sp³-hybridized carbons (Fsp3) is 0.154. The van der Waals surface area contributed by atoms with Crippen molar-refractivity contribution in [1.82, 2.24) is 9.78 Å². The van der Waals surface area contributed by atoms with Gasteiger partial charge in [-0.15, -0.1) is 0 Å². The predicted molar refractivity (Wildman–Crippen MR) is 69.9 cm³/mol. The number of alkyl halides is 3. The van der Waals surface area contributed by atoms with Crippen molar-refractivity contribution >= 4 is 17.7 Å². The number of aromatic carboxylic acids is 1. The second kappa shape index (κ2) is 5.51. The highest BCUT2D eigenvalue weighted by atomic mass is 19.4. The van der Waals surface area contributed by atoms with E-state index in [1.165, 1.54) is 6.07 Å². The summed E-state index contributed by atoms with van der Waals surface area (Å²) in [4.78, 5) is 22.2. The molecular formula is C13H10F3N3O3. The molecule has 6 nitrogen and oxygen atoms in total. The molecule has 0 radical (unpaired) electrons. The van der Waals surface area contributed by atoms with Crippen LogP contribution >= 0.6 is 0 Å². The smallest absolute Gasteiger partial charge is 0.471 e. The van der Waals surface area contributed by atoms with Crippen LogP contribution < -0.4 is 5.32 Å². The number of rotatable bonds is 3. The fourth-order valence-electron chi connectivity index (χ4n) is 1.79. The first kappa shape index (κ1) is 15.5. The number of amides is 1. The van der Waals surface area contributed by atoms with Crippen LogP contribution in [0.25, 0.3) is 5.69 Å². The highest BCUT2D eigenvalue weighted by Gasteiger charge is 2.40. The summed E-state index contributed by atoms with van der Waals surface area (Å²) in [5, 5.41) is 14.3. The number of anilines is 1. The van der Waals surface area contributed by atoms with Crippen LogP contribution in [0.5, 0.6) is 0 Å². The molecule has 0 aliphatic rings. The second-order valence-electron chi connectivity index (χ2n) is 4.36. The summed E-state index contributed by atoms with van der Waals surface area (Å²) in [6.07, 6.45) is -4.27. The lowest BCUT2D eigenvalue weighted by Crippen LogP contribution is -2.31. The summed E-state index contributed by atoms with van der Waals surface area (Å²) in [6, 6.07) is 6.53. The number of hydrogen-bond donors (Lipinski definition) is 2. The summed E-state index contributed by atoms with van der Waals surface area (Å²) in [5.41, 5.74) is 0.457. The molecule has 1 aromatic heterocycles. The van der Waals surface area contributed by atoms with Gasteiger partial charge in [-0.2, -0.15) is 18.3 Å². The number of halogens is 3. The Morgan fingerprint density at radius 3 is 2.45 bits per heavy atom. The fourth-order valence-corrected chi connectivity index (χ4v) is 1.79. The standard InChI is InChI=1S/C13H10F3N3O3/c1-7-4-2-3-5-9(7)19-10(8(6-17-19)11(20)21)18-12(22)13(14,15)16/h2-6H,1H3,(H,18,22)(H,20,21). The van der Waals surface area contributed by atoms with E-state index in [1.807, 2.05) is 0 Å². The average Bonchev–Trinajstić information content (AvgIpc) is 2.82. The molecule has 0 atom stereocenters. The lowest BCUT2D eigenvalue weighted by Gasteiger charge is -2.13. The minimum atomic E-state index is -5.14. The number of aryl methyl sites for hydroxylation is 1. The third-order valence-corrected chi connectivity index (χ3v) is 2.83. The van der Waals surface area contributed by atoms with Gasteiger partial charge in [0.2, 0.25) is 0 Å². The zero-order valence-corrected chi connectivity index (χ0v) is 11.2. The van der Waals surface area contributed by atoms with E-state index in [0.29, 0.717) is 11.3 Å². The molecule has 116 valence electrons. The molecule has 9 heteroatoms. The Morgan fingerprint density at radius 1 is 1.27 bits per heavy atom. The van der Waals surface area contributed by atoms with Gasteiger partial charge < -0.3 is 10.4 Å². The Labute approximate surface area is 122 Å². The number of carboxylic acids is 1. The first-order chi connectivity index (χ1) is 10.2. The van der Waals surface area contributed by atoms with Gasteiger partial charge in [0.1, 0.15) is 5.56 Å². The molecule has 0 saturated heterocycles. The maximum atomic E-state index is 12.4. The summed E-state index contributed by atoms with van der Waals surface area (Å²) in [7, 11) is 0. The summed E-state index contributed by atoms with van der Waals surface area (Å²) >= 11 is 0. The molecule has 0 unspecified atom stereocenters. The minimum Gasteiger partial charge on any atom is -0.477 e. The van der Waals surface area contributed by atoms with E-state index in [4.69, 9.17) is 5.11 Å². The summed E-state index contributed by atoms with van der Waals surface area (Å²) < 4.78 is 38.1. The van der Waals surface area contributed by atoms with Crippen molar-refractivity contribution in [3.8, 4) is 5.69 Å². The van der Waals surface area contributed by atoms with Gasteiger partial charge in [0, 0.05) is 0 Å². The van der Waals surface area contributed by atoms with Crippen molar-refractivity contribution in [1.29, 1.82) is 0 Å². The van der Waals surface area contributed by atoms with E-state index in [9.17, 15) is 22.8 Å². The van der Waals surface area contributed by atoms with Crippen LogP contribution in [0.15, 0.2) is 30.5 Å². The van der Waals surface area contributed by atoms with E-state index >= 15 is 0 Å². The molecule has 22 heavy (non-hydrogen) atoms. The molecule has 0 aliphatic heterocycles. The molecule has 0 bridgehead atoms. The molecule has 1 aromatic carbocycles. The topological polar surface area (TPSA) is 84.2 Å². The van der Waals surface area contributed by atoms with E-state index in [-0.39, 0.29) is 0 Å². The van der Waals surface area contributed by atoms with Gasteiger partial charge in [-0.1, -0.05) is 18.2 Å². The van der Waals surface area contributed by atoms with Gasteiger partial charge in [-0.25, -0.2) is 9.48 Å². The number of nitrogens with zero attached hydrogens (tertiary/aromatic N) is 2. The van der Waals surface area contributed by atoms with Gasteiger partial charge in [-0.05, 0) is 18.6 Å². The normalized spacial score (nSPS) is 11.3. The van der Waals surface area contributed by atoms with E-state index in [2.05, 4.69) is 5.10 Å². The Kier molecular flexibility index (Phi) is 3.89. The van der Waals surface area contributed by atoms with Crippen molar-refractivity contribution in [2.24, 2.45) is 0 Å². The summed E-state index contributed by atoms with van der Waals surface area (Å²) in [5.74, 6) is -4.33. The molecule has 2 rings (SSSR count). The SMILES string of the molecule is Cc1ccccc1-n1ncc(C(=O)O)c1NC(=O)C(F)(F)F. The van der Waals surface area contributed by atoms with Gasteiger partial charge in [-0.3, -0.25) is 4.79 Å². The van der Waals surface area contributed by atoms with Crippen molar-refractivity contribution in [2.75, 3.05) is 5.32 Å². The number of carboxylic acid groups (broad SMARTS) is 1. The van der Waals surface area contributed by atoms with Crippen LogP contribution in [0, 0.1) is 6.92 Å². The van der Waals surface area contributed by atoms with E-state index < -0.39 is 29.4 Å². The van der Waals surface area contributed by atoms with Gasteiger partial charge in [0.25, 0.3) is 0 Å². The van der Waals surface area contributed by atoms with Crippen molar-refractivity contribution in [3.63, 3.8) is 0 Å². The first-order valence-electron chi connectivity index (χ1n) is 5.97. The highest BCUT2D eigenvalue weighted by molar-refractivity contribution is 6.01. The first-order valence-corrected chi connectivity index (χ1v) is 5.97. The van der Waals surface area contributed by atoms with E-state index in [1.54, 1.807) is 30.4 Å². The molecule has 2 N–H and O–H groups in total. The maximum absolute atomic E-state index is 12.4. The van der Waals surface area contributed by atoms with Gasteiger partial charge >= 0.3 is 18.1 Å². The van der Waals surface area contributed by atoms with Crippen molar-refractivity contribution in [2.45, 2.75) is 13.1 Å². The highest BCUT2D eigenvalue weighted by Crippen LogP contribution is 2.25. The lowest BCUT2D eigenvalue weighted by molar-refractivity contribution is -0.167. The van der Waals surface area contributed by atoms with Crippen molar-refractivity contribution in [3.05, 3.63) is 41.6 Å². The number of nitrogens with one attached hydrogen (secondary N) is 1. The number of benzene rings is 1. The molecule has 0 spiro atoms. The van der Waals surface area contributed by atoms with Crippen LogP contribution in [0.1, 0.15) is 15.9 Å². The Hall–Kier alpha value is -2.84. The Balaban J connectivity index is 2.55. The number of aromatic nitrogens is 2. The minimum absolute atomic E-state index is 0.354. The van der Waals surface area contributed by atoms with Crippen LogP contribution in [0.4, 0.5) is 19.0 Å². The van der Waals surface area contributed by atoms with Gasteiger partial charge in [0.05, 0.1) is 11.9 Å². The van der Waals surface area contributed by atoms with Gasteiger partial charge in [0.15, 0.2) is 5.82 Å². The zero-order valence-electron chi connectivity index (χ0n) is 11.2. The van der Waals surface area contributed by atoms with Crippen LogP contribution in [-0.2, 0) is 4.79 Å². The number of hydrogen-bond acceptors (Lipinski definition) is 3. The Morgan fingerprint density at radius 2 is 1.91 bits per heavy atom. The number of para-hydroxylation sites is 1. The molecule has 0 aliphatic carbocycles. The number of carbonyl (C=O) groups is 2. The molecule has 1 heterocycles. The van der Waals surface area contributed by atoms with Crippen LogP contribution in [0.2, 0.25) is 0 Å². The molecule has 2 aromatic rings. The molecule has 1 amide bonds. The second-order valence-corrected chi connectivity index (χ2v) is 4.36. The zero-order chi connectivity index (χ0) is 16.5. The van der Waals surface area contributed by atoms with E-state index in [0.717, 1.165) is 10.9 Å². The quantitative estimate of drug-likeness (QED) is 0.911. The summed E-state index contributed by atoms with van der Waals surface area (Å²) in [6.45, 7) is 1.67. The Bertz CT molecular complexity index is 738. The number of carbonyl (C=O) groups excluding carboxylic acids is 1. The largest absolute Gasteiger partial charge is 0.477 e. The van der Waals surface area contributed by atoms with Crippen molar-refractivity contribution < 1.29 is 27.9 Å². The lowest BCUT2D eigenvalue weighted by atomic mass is 10.2. The van der Waals surface area contributed by atoms with Crippen LogP contribution in [0.3, 0.4) is 0 Å². The molecule has 0 fully saturated rings. The van der Waals surface area contributed by atoms with Crippen LogP contribution in [-0.4, -0.2) is 32.9 Å². The average molecular weight is 313 g/mol. The molecular weight excluding hydrogens is 303 g/mol. The predicted octanol–water partition coefficient (Wildman–Crippen LogP) is 2.38. The molecule has 0 saturated carbocycles. The third-order valence-electron chi connectivity index (χ3n) is 2.83. The monoisotopic (exact) mass is 313 g/mol.